The molecule has 0 amide bonds. The summed E-state index contributed by atoms with van der Waals surface area (Å²) >= 11 is 0. The first-order valence-corrected chi connectivity index (χ1v) is 12.3. The van der Waals surface area contributed by atoms with Crippen molar-refractivity contribution in [3.63, 3.8) is 0 Å². The smallest absolute Gasteiger partial charge is 0.246 e. The highest BCUT2D eigenvalue weighted by molar-refractivity contribution is 7.92. The largest absolute Gasteiger partial charge is 0.495 e. The summed E-state index contributed by atoms with van der Waals surface area (Å²) in [6.45, 7) is 5.48. The van der Waals surface area contributed by atoms with Gasteiger partial charge in [-0.3, -0.25) is 4.31 Å². The Kier molecular flexibility index (Phi) is 5.99. The Morgan fingerprint density at radius 3 is 2.37 bits per heavy atom. The predicted octanol–water partition coefficient (Wildman–Crippen LogP) is 0.951. The number of ether oxygens (including phenoxy) is 1. The number of anilines is 1. The van der Waals surface area contributed by atoms with Crippen LogP contribution in [0.2, 0.25) is 0 Å². The Labute approximate surface area is 161 Å². The molecule has 2 fully saturated rings. The van der Waals surface area contributed by atoms with E-state index in [2.05, 4.69) is 11.8 Å². The van der Waals surface area contributed by atoms with Crippen LogP contribution in [0.4, 0.5) is 5.69 Å². The minimum Gasteiger partial charge on any atom is -0.495 e. The number of rotatable bonds is 5. The molecular weight excluding hydrogens is 390 g/mol. The van der Waals surface area contributed by atoms with Gasteiger partial charge in [-0.05, 0) is 37.6 Å². The fourth-order valence-corrected chi connectivity index (χ4v) is 6.75. The van der Waals surface area contributed by atoms with Gasteiger partial charge in [0, 0.05) is 32.7 Å². The Bertz CT molecular complexity index is 878. The molecule has 8 nitrogen and oxygen atoms in total. The second-order valence-electron chi connectivity index (χ2n) is 6.77. The Morgan fingerprint density at radius 1 is 1.07 bits per heavy atom. The lowest BCUT2D eigenvalue weighted by Crippen LogP contribution is -2.48. The van der Waals surface area contributed by atoms with E-state index in [1.54, 1.807) is 6.07 Å². The molecule has 3 rings (SSSR count). The van der Waals surface area contributed by atoms with Crippen LogP contribution in [0.25, 0.3) is 0 Å². The number of likely N-dealkylation sites (N-methyl/N-ethyl adjacent to an activating group) is 1. The molecule has 0 spiro atoms. The standard InChI is InChI=1S/C17H27N3O5S2/c1-3-18-9-11-19(12-10-18)27(23,24)17-14-15(6-7-16(17)25-2)20-8-4-5-13-26(20,21)22/h6-7,14H,3-5,8-13H2,1-2H3. The molecule has 0 N–H and O–H groups in total. The number of hydrogen-bond donors (Lipinski definition) is 0. The third kappa shape index (κ3) is 4.08. The number of nitrogens with zero attached hydrogens (tertiary/aromatic N) is 3. The molecule has 0 aliphatic carbocycles. The van der Waals surface area contributed by atoms with E-state index in [9.17, 15) is 16.8 Å². The van der Waals surface area contributed by atoms with E-state index in [1.807, 2.05) is 0 Å². The van der Waals surface area contributed by atoms with E-state index in [0.717, 1.165) is 13.0 Å². The van der Waals surface area contributed by atoms with Crippen molar-refractivity contribution < 1.29 is 21.6 Å². The normalized spacial score (nSPS) is 21.9. The monoisotopic (exact) mass is 417 g/mol. The summed E-state index contributed by atoms with van der Waals surface area (Å²) in [5, 5.41) is 0. The summed E-state index contributed by atoms with van der Waals surface area (Å²) in [6, 6.07) is 4.58. The summed E-state index contributed by atoms with van der Waals surface area (Å²) in [6.07, 6.45) is 1.38. The minimum absolute atomic E-state index is 0.0215. The van der Waals surface area contributed by atoms with Gasteiger partial charge in [0.15, 0.2) is 0 Å². The predicted molar refractivity (Wildman–Crippen MR) is 104 cm³/mol. The van der Waals surface area contributed by atoms with Crippen LogP contribution in [-0.2, 0) is 20.0 Å². The maximum absolute atomic E-state index is 13.2. The molecule has 1 aromatic carbocycles. The molecule has 1 aromatic rings. The van der Waals surface area contributed by atoms with Gasteiger partial charge in [0.05, 0.1) is 18.6 Å². The number of sulfonamides is 2. The second-order valence-corrected chi connectivity index (χ2v) is 10.7. The quantitative estimate of drug-likeness (QED) is 0.709. The van der Waals surface area contributed by atoms with Gasteiger partial charge in [-0.15, -0.1) is 0 Å². The number of benzene rings is 1. The third-order valence-electron chi connectivity index (χ3n) is 5.18. The van der Waals surface area contributed by atoms with Gasteiger partial charge < -0.3 is 9.64 Å². The molecule has 10 heteroatoms. The Hall–Kier alpha value is -1.36. The Balaban J connectivity index is 1.96. The molecule has 2 aliphatic rings. The van der Waals surface area contributed by atoms with Crippen LogP contribution in [0.1, 0.15) is 19.8 Å². The van der Waals surface area contributed by atoms with Crippen molar-refractivity contribution >= 4 is 25.7 Å². The number of piperazine rings is 1. The van der Waals surface area contributed by atoms with Gasteiger partial charge in [0.1, 0.15) is 10.6 Å². The van der Waals surface area contributed by atoms with Crippen molar-refractivity contribution in [2.75, 3.05) is 56.4 Å². The molecular formula is C17H27N3O5S2. The molecule has 2 aliphatic heterocycles. The highest BCUT2D eigenvalue weighted by Crippen LogP contribution is 2.33. The van der Waals surface area contributed by atoms with E-state index < -0.39 is 20.0 Å². The highest BCUT2D eigenvalue weighted by Gasteiger charge is 2.33. The van der Waals surface area contributed by atoms with Crippen molar-refractivity contribution in [1.29, 1.82) is 0 Å². The van der Waals surface area contributed by atoms with Crippen molar-refractivity contribution in [2.24, 2.45) is 0 Å². The first-order valence-electron chi connectivity index (χ1n) is 9.20. The van der Waals surface area contributed by atoms with Gasteiger partial charge in [-0.2, -0.15) is 4.31 Å². The van der Waals surface area contributed by atoms with Crippen molar-refractivity contribution in [1.82, 2.24) is 9.21 Å². The molecule has 0 atom stereocenters. The van der Waals surface area contributed by atoms with E-state index in [1.165, 1.54) is 27.9 Å². The van der Waals surface area contributed by atoms with Crippen molar-refractivity contribution in [2.45, 2.75) is 24.7 Å². The molecule has 2 heterocycles. The summed E-state index contributed by atoms with van der Waals surface area (Å²) < 4.78 is 59.3. The lowest BCUT2D eigenvalue weighted by atomic mass is 10.2. The summed E-state index contributed by atoms with van der Waals surface area (Å²) in [5.41, 5.74) is 0.376. The third-order valence-corrected chi connectivity index (χ3v) is 8.97. The van der Waals surface area contributed by atoms with E-state index in [-0.39, 0.29) is 16.4 Å². The lowest BCUT2D eigenvalue weighted by Gasteiger charge is -2.34. The van der Waals surface area contributed by atoms with Crippen LogP contribution in [-0.4, -0.2) is 78.2 Å². The first kappa shape index (κ1) is 20.4. The van der Waals surface area contributed by atoms with Crippen LogP contribution in [0, 0.1) is 0 Å². The van der Waals surface area contributed by atoms with E-state index >= 15 is 0 Å². The van der Waals surface area contributed by atoms with Crippen molar-refractivity contribution in [3.8, 4) is 5.75 Å². The zero-order chi connectivity index (χ0) is 19.7. The molecule has 0 saturated carbocycles. The maximum atomic E-state index is 13.2. The van der Waals surface area contributed by atoms with Crippen LogP contribution in [0.15, 0.2) is 23.1 Å². The van der Waals surface area contributed by atoms with Crippen molar-refractivity contribution in [3.05, 3.63) is 18.2 Å². The van der Waals surface area contributed by atoms with Gasteiger partial charge in [-0.25, -0.2) is 16.8 Å². The molecule has 0 bridgehead atoms. The van der Waals surface area contributed by atoms with Crippen LogP contribution in [0.3, 0.4) is 0 Å². The lowest BCUT2D eigenvalue weighted by molar-refractivity contribution is 0.196. The Morgan fingerprint density at radius 2 is 1.78 bits per heavy atom. The van der Waals surface area contributed by atoms with Gasteiger partial charge in [0.2, 0.25) is 20.0 Å². The molecule has 0 radical (unpaired) electrons. The summed E-state index contributed by atoms with van der Waals surface area (Å²) in [7, 11) is -5.77. The summed E-state index contributed by atoms with van der Waals surface area (Å²) in [5.74, 6) is 0.311. The fourth-order valence-electron chi connectivity index (χ4n) is 3.53. The highest BCUT2D eigenvalue weighted by atomic mass is 32.2. The zero-order valence-electron chi connectivity index (χ0n) is 15.8. The average Bonchev–Trinajstić information content (AvgIpc) is 2.67. The van der Waals surface area contributed by atoms with Gasteiger partial charge in [0.25, 0.3) is 0 Å². The molecule has 152 valence electrons. The second kappa shape index (κ2) is 7.94. The number of methoxy groups -OCH3 is 1. The zero-order valence-corrected chi connectivity index (χ0v) is 17.4. The summed E-state index contributed by atoms with van der Waals surface area (Å²) in [4.78, 5) is 2.22. The van der Waals surface area contributed by atoms with E-state index in [0.29, 0.717) is 44.8 Å². The molecule has 27 heavy (non-hydrogen) atoms. The SMILES string of the molecule is CCN1CCN(S(=O)(=O)c2cc(N3CCCCS3(=O)=O)ccc2OC)CC1. The van der Waals surface area contributed by atoms with Crippen LogP contribution >= 0.6 is 0 Å². The fraction of sp³-hybridized carbons (Fsp3) is 0.647. The number of hydrogen-bond acceptors (Lipinski definition) is 6. The average molecular weight is 418 g/mol. The van der Waals surface area contributed by atoms with Gasteiger partial charge in [-0.1, -0.05) is 6.92 Å². The van der Waals surface area contributed by atoms with E-state index in [4.69, 9.17) is 4.74 Å². The minimum atomic E-state index is -3.77. The van der Waals surface area contributed by atoms with Crippen LogP contribution in [0.5, 0.6) is 5.75 Å². The molecule has 2 saturated heterocycles. The molecule has 0 aromatic heterocycles. The topological polar surface area (TPSA) is 87.2 Å². The molecule has 0 unspecified atom stereocenters. The first-order chi connectivity index (χ1) is 12.8. The maximum Gasteiger partial charge on any atom is 0.246 e. The van der Waals surface area contributed by atoms with Gasteiger partial charge >= 0.3 is 0 Å². The van der Waals surface area contributed by atoms with Crippen LogP contribution < -0.4 is 9.04 Å².